The third-order valence-electron chi connectivity index (χ3n) is 7.35. The number of carbonyl (C=O) groups excluding carboxylic acids is 1. The third kappa shape index (κ3) is 2.70. The summed E-state index contributed by atoms with van der Waals surface area (Å²) < 4.78 is 0. The minimum Gasteiger partial charge on any atom is -0.345 e. The second-order valence-electron chi connectivity index (χ2n) is 9.25. The fourth-order valence-corrected chi connectivity index (χ4v) is 6.38. The van der Waals surface area contributed by atoms with Crippen molar-refractivity contribution in [1.82, 2.24) is 5.32 Å². The zero-order valence-electron chi connectivity index (χ0n) is 14.4. The van der Waals surface area contributed by atoms with Crippen molar-refractivity contribution in [3.8, 4) is 0 Å². The summed E-state index contributed by atoms with van der Waals surface area (Å²) >= 11 is 0. The molecule has 0 aromatic heterocycles. The van der Waals surface area contributed by atoms with E-state index in [0.29, 0.717) is 5.91 Å². The molecule has 22 heavy (non-hydrogen) atoms. The summed E-state index contributed by atoms with van der Waals surface area (Å²) in [4.78, 5) is 14.4. The Morgan fingerprint density at radius 1 is 1.05 bits per heavy atom. The topological polar surface area (TPSA) is 33.5 Å². The number of carbonyl (C=O) groups is 1. The van der Waals surface area contributed by atoms with E-state index in [1.807, 2.05) is 0 Å². The molecule has 4 bridgehead atoms. The molecule has 0 aromatic carbocycles. The Hall–Kier alpha value is -0.570. The summed E-state index contributed by atoms with van der Waals surface area (Å²) in [5.74, 6) is 3.91. The van der Waals surface area contributed by atoms with Gasteiger partial charge in [-0.15, -0.1) is 0 Å². The van der Waals surface area contributed by atoms with Crippen molar-refractivity contribution in [3.05, 3.63) is 0 Å². The average molecular weight is 305 g/mol. The lowest BCUT2D eigenvalue weighted by Gasteiger charge is -2.57. The van der Waals surface area contributed by atoms with Gasteiger partial charge in [-0.25, -0.2) is 0 Å². The van der Waals surface area contributed by atoms with Crippen LogP contribution < -0.4 is 10.2 Å². The first-order chi connectivity index (χ1) is 10.5. The van der Waals surface area contributed by atoms with E-state index in [0.717, 1.165) is 23.7 Å². The molecule has 0 aromatic rings. The quantitative estimate of drug-likeness (QED) is 0.819. The number of rotatable bonds is 3. The van der Waals surface area contributed by atoms with E-state index in [2.05, 4.69) is 19.2 Å². The van der Waals surface area contributed by atoms with Crippen molar-refractivity contribution in [2.45, 2.75) is 76.8 Å². The molecular formula is C19H33N2O+. The predicted molar refractivity (Wildman–Crippen MR) is 87.6 cm³/mol. The smallest absolute Gasteiger partial charge is 0.278 e. The van der Waals surface area contributed by atoms with Crippen molar-refractivity contribution in [2.24, 2.45) is 23.7 Å². The molecule has 3 heteroatoms. The fourth-order valence-electron chi connectivity index (χ4n) is 6.38. The van der Waals surface area contributed by atoms with E-state index >= 15 is 0 Å². The summed E-state index contributed by atoms with van der Waals surface area (Å²) in [5.41, 5.74) is 0.183. The van der Waals surface area contributed by atoms with Gasteiger partial charge in [-0.05, 0) is 82.0 Å². The highest BCUT2D eigenvalue weighted by atomic mass is 16.2. The fraction of sp³-hybridized carbons (Fsp3) is 0.947. The highest BCUT2D eigenvalue weighted by Crippen LogP contribution is 2.55. The van der Waals surface area contributed by atoms with Crippen molar-refractivity contribution in [1.29, 1.82) is 0 Å². The van der Waals surface area contributed by atoms with Crippen molar-refractivity contribution >= 4 is 5.91 Å². The number of hydrogen-bond donors (Lipinski definition) is 2. The van der Waals surface area contributed by atoms with E-state index in [1.165, 1.54) is 69.4 Å². The number of nitrogens with one attached hydrogen (secondary N) is 2. The summed E-state index contributed by atoms with van der Waals surface area (Å²) in [7, 11) is 0. The first-order valence-electron chi connectivity index (χ1n) is 9.69. The van der Waals surface area contributed by atoms with Crippen LogP contribution in [0.25, 0.3) is 0 Å². The number of hydrogen-bond acceptors (Lipinski definition) is 1. The molecule has 124 valence electrons. The van der Waals surface area contributed by atoms with E-state index in [4.69, 9.17) is 0 Å². The predicted octanol–water partition coefficient (Wildman–Crippen LogP) is 1.77. The maximum absolute atomic E-state index is 12.9. The molecule has 1 heterocycles. The molecule has 5 rings (SSSR count). The number of piperidine rings is 1. The van der Waals surface area contributed by atoms with Gasteiger partial charge < -0.3 is 10.2 Å². The van der Waals surface area contributed by atoms with Gasteiger partial charge in [0.15, 0.2) is 6.04 Å². The minimum absolute atomic E-state index is 0.139. The zero-order valence-corrected chi connectivity index (χ0v) is 14.4. The van der Waals surface area contributed by atoms with Crippen LogP contribution in [0.3, 0.4) is 0 Å². The highest BCUT2D eigenvalue weighted by molar-refractivity contribution is 5.80. The molecule has 0 radical (unpaired) electrons. The summed E-state index contributed by atoms with van der Waals surface area (Å²) in [6.45, 7) is 6.85. The van der Waals surface area contributed by atoms with Crippen LogP contribution in [0.5, 0.6) is 0 Å². The number of amides is 1. The van der Waals surface area contributed by atoms with Gasteiger partial charge in [0.1, 0.15) is 0 Å². The molecular weight excluding hydrogens is 272 g/mol. The van der Waals surface area contributed by atoms with Crippen molar-refractivity contribution < 1.29 is 9.69 Å². The van der Waals surface area contributed by atoms with Gasteiger partial charge in [0.05, 0.1) is 13.1 Å². The Bertz CT molecular complexity index is 403. The van der Waals surface area contributed by atoms with Crippen molar-refractivity contribution in [2.75, 3.05) is 13.1 Å². The van der Waals surface area contributed by atoms with Gasteiger partial charge in [-0.2, -0.15) is 0 Å². The van der Waals surface area contributed by atoms with Crippen LogP contribution in [-0.4, -0.2) is 30.6 Å². The van der Waals surface area contributed by atoms with Crippen LogP contribution in [-0.2, 0) is 4.79 Å². The molecule has 0 unspecified atom stereocenters. The van der Waals surface area contributed by atoms with Gasteiger partial charge in [0.2, 0.25) is 0 Å². The van der Waals surface area contributed by atoms with Crippen LogP contribution in [0, 0.1) is 23.7 Å². The molecule has 1 saturated heterocycles. The van der Waals surface area contributed by atoms with Crippen LogP contribution in [0.1, 0.15) is 65.2 Å². The highest BCUT2D eigenvalue weighted by Gasteiger charge is 2.52. The number of quaternary nitrogens is 1. The van der Waals surface area contributed by atoms with Gasteiger partial charge in [-0.3, -0.25) is 4.79 Å². The summed E-state index contributed by atoms with van der Waals surface area (Å²) in [5, 5.41) is 3.57. The Morgan fingerprint density at radius 2 is 1.55 bits per heavy atom. The largest absolute Gasteiger partial charge is 0.345 e. The van der Waals surface area contributed by atoms with Crippen LogP contribution in [0.4, 0.5) is 0 Å². The first kappa shape index (κ1) is 15.0. The zero-order chi connectivity index (χ0) is 15.3. The lowest BCUT2D eigenvalue weighted by Crippen LogP contribution is -3.17. The van der Waals surface area contributed by atoms with Gasteiger partial charge in [-0.1, -0.05) is 6.92 Å². The van der Waals surface area contributed by atoms with Crippen LogP contribution >= 0.6 is 0 Å². The molecule has 2 N–H and O–H groups in total. The number of likely N-dealkylation sites (tertiary alicyclic amines) is 1. The molecule has 4 saturated carbocycles. The second kappa shape index (κ2) is 5.51. The Morgan fingerprint density at radius 3 is 2.05 bits per heavy atom. The SMILES string of the molecule is CC1CC[NH+]([C@@H](C)C(=O)NC23CC4CC(CC(C4)C2)C3)CC1. The summed E-state index contributed by atoms with van der Waals surface area (Å²) in [6, 6.07) is 0.139. The normalized spacial score (nSPS) is 48.2. The van der Waals surface area contributed by atoms with Crippen LogP contribution in [0.2, 0.25) is 0 Å². The molecule has 4 aliphatic carbocycles. The van der Waals surface area contributed by atoms with Gasteiger partial charge in [0, 0.05) is 5.54 Å². The van der Waals surface area contributed by atoms with Crippen molar-refractivity contribution in [3.63, 3.8) is 0 Å². The maximum Gasteiger partial charge on any atom is 0.278 e. The van der Waals surface area contributed by atoms with Gasteiger partial charge >= 0.3 is 0 Å². The molecule has 5 fully saturated rings. The standard InChI is InChI=1S/C19H32N2O/c1-13-3-5-21(6-4-13)14(2)18(22)20-19-10-15-7-16(11-19)9-17(8-15)12-19/h13-17H,3-12H2,1-2H3,(H,20,22)/p+1/t14-,15?,16?,17?,19?/m0/s1. The third-order valence-corrected chi connectivity index (χ3v) is 7.35. The molecule has 3 nitrogen and oxygen atoms in total. The molecule has 1 aliphatic heterocycles. The Kier molecular flexibility index (Phi) is 3.75. The van der Waals surface area contributed by atoms with Gasteiger partial charge in [0.25, 0.3) is 5.91 Å². The molecule has 1 atom stereocenters. The van der Waals surface area contributed by atoms with E-state index in [1.54, 1.807) is 0 Å². The monoisotopic (exact) mass is 305 g/mol. The first-order valence-corrected chi connectivity index (χ1v) is 9.69. The maximum atomic E-state index is 12.9. The van der Waals surface area contributed by atoms with E-state index < -0.39 is 0 Å². The van der Waals surface area contributed by atoms with E-state index in [9.17, 15) is 4.79 Å². The van der Waals surface area contributed by atoms with E-state index in [-0.39, 0.29) is 11.6 Å². The lowest BCUT2D eigenvalue weighted by atomic mass is 9.53. The lowest BCUT2D eigenvalue weighted by molar-refractivity contribution is -0.920. The molecule has 0 spiro atoms. The van der Waals surface area contributed by atoms with Crippen LogP contribution in [0.15, 0.2) is 0 Å². The second-order valence-corrected chi connectivity index (χ2v) is 9.25. The Labute approximate surface area is 135 Å². The summed E-state index contributed by atoms with van der Waals surface area (Å²) in [6.07, 6.45) is 10.7. The Balaban J connectivity index is 1.39. The average Bonchev–Trinajstić information content (AvgIpc) is 2.45. The molecule has 5 aliphatic rings. The minimum atomic E-state index is 0.139. The molecule has 1 amide bonds.